The normalized spacial score (nSPS) is 26.6. The lowest BCUT2D eigenvalue weighted by Gasteiger charge is -2.34. The van der Waals surface area contributed by atoms with Crippen LogP contribution < -0.4 is 9.64 Å². The van der Waals surface area contributed by atoms with Crippen molar-refractivity contribution in [1.82, 2.24) is 0 Å². The number of imide groups is 1. The lowest BCUT2D eigenvalue weighted by atomic mass is 9.76. The Morgan fingerprint density at radius 1 is 1.09 bits per heavy atom. The second-order valence-electron chi connectivity index (χ2n) is 7.86. The average Bonchev–Trinajstić information content (AvgIpc) is 3.38. The van der Waals surface area contributed by atoms with Crippen LogP contribution in [-0.4, -0.2) is 52.6 Å². The third kappa shape index (κ3) is 3.50. The molecule has 13 nitrogen and oxygen atoms in total. The van der Waals surface area contributed by atoms with Crippen LogP contribution in [0.15, 0.2) is 30.4 Å². The highest BCUT2D eigenvalue weighted by Gasteiger charge is 2.72. The number of amides is 2. The van der Waals surface area contributed by atoms with Crippen molar-refractivity contribution in [2.24, 2.45) is 11.8 Å². The number of carbonyl (C=O) groups excluding carboxylic acids is 5. The Morgan fingerprint density at radius 3 is 2.29 bits per heavy atom. The van der Waals surface area contributed by atoms with Crippen molar-refractivity contribution in [3.8, 4) is 5.75 Å². The van der Waals surface area contributed by atoms with Crippen molar-refractivity contribution in [3.05, 3.63) is 40.5 Å². The van der Waals surface area contributed by atoms with E-state index in [1.807, 2.05) is 0 Å². The highest BCUT2D eigenvalue weighted by Crippen LogP contribution is 2.55. The zero-order chi connectivity index (χ0) is 24.9. The Bertz CT molecular complexity index is 1160. The minimum absolute atomic E-state index is 0.127. The van der Waals surface area contributed by atoms with Gasteiger partial charge < -0.3 is 18.9 Å². The Balaban J connectivity index is 1.74. The minimum Gasteiger partial charge on any atom is -0.422 e. The summed E-state index contributed by atoms with van der Waals surface area (Å²) in [6.07, 6.45) is 0.393. The lowest BCUT2D eigenvalue weighted by Crippen LogP contribution is -2.52. The molecule has 0 aromatic heterocycles. The van der Waals surface area contributed by atoms with Gasteiger partial charge in [0.05, 0.1) is 28.6 Å². The summed E-state index contributed by atoms with van der Waals surface area (Å²) in [5.41, 5.74) is -2.51. The topological polar surface area (TPSA) is 169 Å². The van der Waals surface area contributed by atoms with Gasteiger partial charge in [0.25, 0.3) is 6.29 Å². The standard InChI is InChI=1S/C21H18N2O11/c1-9(24)31-14-5-4-12(8-13(14)23(29)30)22-18(27)16-15-6-7-21(34-15,17(16)19(22)28)20(32-10(2)25)33-11(3)26/h4-8,15-17,20H,1-3H3/t15-,16+,17+,21-/m1/s1. The van der Waals surface area contributed by atoms with Crippen LogP contribution in [0.5, 0.6) is 5.75 Å². The third-order valence-electron chi connectivity index (χ3n) is 5.64. The van der Waals surface area contributed by atoms with E-state index >= 15 is 0 Å². The summed E-state index contributed by atoms with van der Waals surface area (Å²) in [6, 6.07) is 3.26. The van der Waals surface area contributed by atoms with Crippen molar-refractivity contribution in [2.45, 2.75) is 38.8 Å². The van der Waals surface area contributed by atoms with Crippen LogP contribution >= 0.6 is 0 Å². The molecule has 3 heterocycles. The molecular formula is C21H18N2O11. The first-order chi connectivity index (χ1) is 16.0. The molecule has 0 radical (unpaired) electrons. The number of benzene rings is 1. The number of carbonyl (C=O) groups is 5. The minimum atomic E-state index is -1.75. The summed E-state index contributed by atoms with van der Waals surface area (Å²) in [6.45, 7) is 3.22. The summed E-state index contributed by atoms with van der Waals surface area (Å²) < 4.78 is 20.9. The van der Waals surface area contributed by atoms with E-state index in [1.54, 1.807) is 0 Å². The molecule has 13 heteroatoms. The summed E-state index contributed by atoms with van der Waals surface area (Å²) >= 11 is 0. The quantitative estimate of drug-likeness (QED) is 0.109. The van der Waals surface area contributed by atoms with Gasteiger partial charge in [0.2, 0.25) is 17.6 Å². The van der Waals surface area contributed by atoms with E-state index in [-0.39, 0.29) is 11.4 Å². The van der Waals surface area contributed by atoms with Crippen LogP contribution in [-0.2, 0) is 38.2 Å². The molecule has 3 aliphatic heterocycles. The summed E-state index contributed by atoms with van der Waals surface area (Å²) in [7, 11) is 0. The molecular weight excluding hydrogens is 456 g/mol. The molecule has 4 atom stereocenters. The molecule has 34 heavy (non-hydrogen) atoms. The maximum Gasteiger partial charge on any atom is 0.313 e. The van der Waals surface area contributed by atoms with Crippen LogP contribution in [0.2, 0.25) is 0 Å². The lowest BCUT2D eigenvalue weighted by molar-refractivity contribution is -0.385. The zero-order valence-electron chi connectivity index (χ0n) is 18.1. The fraction of sp³-hybridized carbons (Fsp3) is 0.381. The van der Waals surface area contributed by atoms with E-state index in [1.165, 1.54) is 18.2 Å². The van der Waals surface area contributed by atoms with E-state index < -0.39 is 70.2 Å². The van der Waals surface area contributed by atoms with Gasteiger partial charge in [0, 0.05) is 26.8 Å². The fourth-order valence-electron chi connectivity index (χ4n) is 4.50. The average molecular weight is 474 g/mol. The molecule has 3 aliphatic rings. The van der Waals surface area contributed by atoms with Gasteiger partial charge in [-0.15, -0.1) is 0 Å². The molecule has 178 valence electrons. The van der Waals surface area contributed by atoms with Crippen LogP contribution in [0, 0.1) is 22.0 Å². The third-order valence-corrected chi connectivity index (χ3v) is 5.64. The predicted octanol–water partition coefficient (Wildman–Crippen LogP) is 0.785. The smallest absolute Gasteiger partial charge is 0.313 e. The predicted molar refractivity (Wildman–Crippen MR) is 108 cm³/mol. The number of nitro groups is 1. The summed E-state index contributed by atoms with van der Waals surface area (Å²) in [5.74, 6) is -6.53. The van der Waals surface area contributed by atoms with Crippen molar-refractivity contribution in [3.63, 3.8) is 0 Å². The molecule has 2 bridgehead atoms. The maximum atomic E-state index is 13.5. The van der Waals surface area contributed by atoms with Crippen molar-refractivity contribution >= 4 is 41.1 Å². The molecule has 2 fully saturated rings. The number of hydrogen-bond acceptors (Lipinski definition) is 11. The molecule has 4 rings (SSSR count). The molecule has 2 amide bonds. The largest absolute Gasteiger partial charge is 0.422 e. The first-order valence-corrected chi connectivity index (χ1v) is 10.0. The number of nitrogens with zero attached hydrogens (tertiary/aromatic N) is 2. The van der Waals surface area contributed by atoms with Crippen molar-refractivity contribution < 1.29 is 47.8 Å². The molecule has 0 spiro atoms. The number of ether oxygens (including phenoxy) is 4. The van der Waals surface area contributed by atoms with E-state index in [9.17, 15) is 34.1 Å². The number of anilines is 1. The Hall–Kier alpha value is -4.13. The first kappa shape index (κ1) is 23.0. The SMILES string of the molecule is CC(=O)Oc1ccc(N2C(=O)[C@@H]3[C@@H](C2=O)[C@@]2(C(OC(C)=O)OC(C)=O)C=C[C@H]3O2)cc1[N+](=O)[O-]. The van der Waals surface area contributed by atoms with Crippen LogP contribution in [0.25, 0.3) is 0 Å². The second-order valence-corrected chi connectivity index (χ2v) is 7.86. The van der Waals surface area contributed by atoms with Gasteiger partial charge in [0.1, 0.15) is 0 Å². The van der Waals surface area contributed by atoms with Gasteiger partial charge in [-0.05, 0) is 18.2 Å². The van der Waals surface area contributed by atoms with Gasteiger partial charge in [-0.1, -0.05) is 6.08 Å². The van der Waals surface area contributed by atoms with E-state index in [2.05, 4.69) is 0 Å². The zero-order valence-corrected chi connectivity index (χ0v) is 18.1. The molecule has 0 unspecified atom stereocenters. The molecule has 1 aromatic carbocycles. The van der Waals surface area contributed by atoms with Crippen molar-refractivity contribution in [2.75, 3.05) is 4.90 Å². The molecule has 1 aromatic rings. The summed E-state index contributed by atoms with van der Waals surface area (Å²) in [4.78, 5) is 72.7. The van der Waals surface area contributed by atoms with E-state index in [0.29, 0.717) is 0 Å². The molecule has 0 N–H and O–H groups in total. The van der Waals surface area contributed by atoms with Gasteiger partial charge >= 0.3 is 23.6 Å². The Morgan fingerprint density at radius 2 is 1.74 bits per heavy atom. The number of hydrogen-bond donors (Lipinski definition) is 0. The Kier molecular flexibility index (Phi) is 5.44. The van der Waals surface area contributed by atoms with Crippen LogP contribution in [0.4, 0.5) is 11.4 Å². The highest BCUT2D eigenvalue weighted by atomic mass is 16.7. The monoisotopic (exact) mass is 474 g/mol. The maximum absolute atomic E-state index is 13.5. The van der Waals surface area contributed by atoms with E-state index in [4.69, 9.17) is 18.9 Å². The molecule has 2 saturated heterocycles. The number of fused-ring (bicyclic) bond motifs is 5. The first-order valence-electron chi connectivity index (χ1n) is 10.0. The van der Waals surface area contributed by atoms with Gasteiger partial charge in [0.15, 0.2) is 5.60 Å². The number of nitro benzene ring substituents is 1. The fourth-order valence-corrected chi connectivity index (χ4v) is 4.50. The van der Waals surface area contributed by atoms with Gasteiger partial charge in [-0.3, -0.25) is 34.1 Å². The van der Waals surface area contributed by atoms with Gasteiger partial charge in [-0.25, -0.2) is 4.90 Å². The van der Waals surface area contributed by atoms with Gasteiger partial charge in [-0.2, -0.15) is 0 Å². The van der Waals surface area contributed by atoms with Crippen LogP contribution in [0.1, 0.15) is 20.8 Å². The highest BCUT2D eigenvalue weighted by molar-refractivity contribution is 6.23. The van der Waals surface area contributed by atoms with E-state index in [0.717, 1.165) is 37.8 Å². The van der Waals surface area contributed by atoms with Crippen LogP contribution in [0.3, 0.4) is 0 Å². The number of esters is 3. The van der Waals surface area contributed by atoms with Crippen molar-refractivity contribution in [1.29, 1.82) is 0 Å². The summed E-state index contributed by atoms with van der Waals surface area (Å²) in [5, 5.41) is 11.5. The Labute approximate surface area is 191 Å². The molecule has 0 saturated carbocycles. The second kappa shape index (κ2) is 8.02. The molecule has 0 aliphatic carbocycles. The number of rotatable bonds is 6.